The lowest BCUT2D eigenvalue weighted by molar-refractivity contribution is 0.0342. The van der Waals surface area contributed by atoms with Crippen LogP contribution in [0.4, 0.5) is 5.69 Å². The van der Waals surface area contributed by atoms with Crippen molar-refractivity contribution in [3.8, 4) is 0 Å². The molecule has 3 rings (SSSR count). The number of likely N-dealkylation sites (tertiary alicyclic amines) is 1. The second-order valence-electron chi connectivity index (χ2n) is 6.45. The molecule has 2 atom stereocenters. The number of nitrogens with one attached hydrogen (secondary N) is 1. The van der Waals surface area contributed by atoms with Gasteiger partial charge in [0.1, 0.15) is 0 Å². The Morgan fingerprint density at radius 1 is 1.19 bits per heavy atom. The van der Waals surface area contributed by atoms with Gasteiger partial charge in [0, 0.05) is 44.0 Å². The molecule has 2 unspecified atom stereocenters. The molecule has 0 spiro atoms. The molecule has 4 heteroatoms. The molecule has 1 aromatic rings. The first-order valence-corrected chi connectivity index (χ1v) is 8.06. The molecule has 0 aliphatic carbocycles. The topological polar surface area (TPSA) is 27.7 Å². The van der Waals surface area contributed by atoms with Gasteiger partial charge in [-0.3, -0.25) is 4.90 Å². The molecule has 21 heavy (non-hydrogen) atoms. The van der Waals surface area contributed by atoms with Crippen molar-refractivity contribution in [2.45, 2.75) is 32.0 Å². The third-order valence-electron chi connectivity index (χ3n) is 4.72. The molecule has 0 bridgehead atoms. The Morgan fingerprint density at radius 3 is 2.52 bits per heavy atom. The normalized spacial score (nSPS) is 27.9. The Morgan fingerprint density at radius 2 is 1.90 bits per heavy atom. The Kier molecular flexibility index (Phi) is 4.78. The zero-order valence-electron chi connectivity index (χ0n) is 13.2. The molecular weight excluding hydrogens is 262 g/mol. The van der Waals surface area contributed by atoms with Crippen molar-refractivity contribution in [3.63, 3.8) is 0 Å². The molecule has 2 fully saturated rings. The Labute approximate surface area is 128 Å². The number of nitrogens with zero attached hydrogens (tertiary/aromatic N) is 2. The Bertz CT molecular complexity index is 432. The molecule has 4 nitrogen and oxygen atoms in total. The molecule has 2 heterocycles. The van der Waals surface area contributed by atoms with E-state index in [9.17, 15) is 0 Å². The molecule has 116 valence electrons. The van der Waals surface area contributed by atoms with E-state index in [1.165, 1.54) is 17.7 Å². The van der Waals surface area contributed by atoms with E-state index in [4.69, 9.17) is 4.74 Å². The van der Waals surface area contributed by atoms with E-state index in [1.54, 1.807) is 0 Å². The minimum absolute atomic E-state index is 0.579. The molecule has 1 aromatic carbocycles. The third kappa shape index (κ3) is 3.96. The minimum atomic E-state index is 0.579. The summed E-state index contributed by atoms with van der Waals surface area (Å²) < 4.78 is 5.39. The molecule has 2 saturated heterocycles. The Balaban J connectivity index is 1.52. The number of rotatable bonds is 4. The number of hydrogen-bond donors (Lipinski definition) is 1. The number of ether oxygens (including phenoxy) is 1. The van der Waals surface area contributed by atoms with Crippen LogP contribution in [0.15, 0.2) is 24.3 Å². The predicted octanol–water partition coefficient (Wildman–Crippen LogP) is 2.02. The van der Waals surface area contributed by atoms with Crippen LogP contribution in [-0.4, -0.2) is 61.8 Å². The van der Waals surface area contributed by atoms with Gasteiger partial charge in [-0.1, -0.05) is 12.1 Å². The number of likely N-dealkylation sites (N-methyl/N-ethyl adjacent to an activating group) is 1. The molecule has 0 amide bonds. The van der Waals surface area contributed by atoms with Crippen LogP contribution in [0.3, 0.4) is 0 Å². The van der Waals surface area contributed by atoms with Gasteiger partial charge < -0.3 is 15.0 Å². The first-order chi connectivity index (χ1) is 10.2. The second kappa shape index (κ2) is 6.77. The molecule has 0 saturated carbocycles. The number of morpholine rings is 1. The largest absolute Gasteiger partial charge is 0.381 e. The van der Waals surface area contributed by atoms with E-state index in [-0.39, 0.29) is 0 Å². The van der Waals surface area contributed by atoms with Crippen molar-refractivity contribution in [1.82, 2.24) is 9.80 Å². The summed E-state index contributed by atoms with van der Waals surface area (Å²) in [7, 11) is 2.21. The fourth-order valence-corrected chi connectivity index (χ4v) is 3.26. The van der Waals surface area contributed by atoms with Gasteiger partial charge in [0.25, 0.3) is 0 Å². The minimum Gasteiger partial charge on any atom is -0.381 e. The fraction of sp³-hybridized carbons (Fsp3) is 0.647. The first kappa shape index (κ1) is 14.8. The van der Waals surface area contributed by atoms with Gasteiger partial charge in [-0.15, -0.1) is 0 Å². The van der Waals surface area contributed by atoms with Crippen LogP contribution < -0.4 is 5.32 Å². The van der Waals surface area contributed by atoms with E-state index in [0.29, 0.717) is 12.1 Å². The van der Waals surface area contributed by atoms with Crippen LogP contribution in [0.2, 0.25) is 0 Å². The standard InChI is InChI=1S/C17H27N3O/c1-14-11-17(13-19(14)2)18-16-5-3-15(4-6-16)12-20-7-9-21-10-8-20/h3-6,14,17-18H,7-13H2,1-2H3. The molecule has 0 aromatic heterocycles. The fourth-order valence-electron chi connectivity index (χ4n) is 3.26. The molecule has 2 aliphatic rings. The highest BCUT2D eigenvalue weighted by Gasteiger charge is 2.25. The van der Waals surface area contributed by atoms with E-state index >= 15 is 0 Å². The average molecular weight is 289 g/mol. The van der Waals surface area contributed by atoms with Gasteiger partial charge in [-0.05, 0) is 38.1 Å². The average Bonchev–Trinajstić information content (AvgIpc) is 2.80. The maximum Gasteiger partial charge on any atom is 0.0594 e. The first-order valence-electron chi connectivity index (χ1n) is 8.06. The summed E-state index contributed by atoms with van der Waals surface area (Å²) in [5.41, 5.74) is 2.63. The smallest absolute Gasteiger partial charge is 0.0594 e. The summed E-state index contributed by atoms with van der Waals surface area (Å²) >= 11 is 0. The molecule has 1 N–H and O–H groups in total. The second-order valence-corrected chi connectivity index (χ2v) is 6.45. The summed E-state index contributed by atoms with van der Waals surface area (Å²) in [6.45, 7) is 8.30. The summed E-state index contributed by atoms with van der Waals surface area (Å²) in [5, 5.41) is 3.66. The van der Waals surface area contributed by atoms with E-state index in [2.05, 4.69) is 53.4 Å². The number of anilines is 1. The monoisotopic (exact) mass is 289 g/mol. The zero-order valence-corrected chi connectivity index (χ0v) is 13.2. The maximum absolute atomic E-state index is 5.39. The van der Waals surface area contributed by atoms with Crippen molar-refractivity contribution >= 4 is 5.69 Å². The van der Waals surface area contributed by atoms with Gasteiger partial charge in [0.15, 0.2) is 0 Å². The lowest BCUT2D eigenvalue weighted by Gasteiger charge is -2.26. The lowest BCUT2D eigenvalue weighted by atomic mass is 10.1. The lowest BCUT2D eigenvalue weighted by Crippen LogP contribution is -2.35. The van der Waals surface area contributed by atoms with Crippen molar-refractivity contribution in [3.05, 3.63) is 29.8 Å². The number of benzene rings is 1. The molecular formula is C17H27N3O. The Hall–Kier alpha value is -1.10. The SMILES string of the molecule is CC1CC(Nc2ccc(CN3CCOCC3)cc2)CN1C. The van der Waals surface area contributed by atoms with Crippen LogP contribution in [0.5, 0.6) is 0 Å². The van der Waals surface area contributed by atoms with Crippen molar-refractivity contribution in [2.24, 2.45) is 0 Å². The van der Waals surface area contributed by atoms with Crippen molar-refractivity contribution < 1.29 is 4.74 Å². The summed E-state index contributed by atoms with van der Waals surface area (Å²) in [6.07, 6.45) is 1.23. The van der Waals surface area contributed by atoms with Gasteiger partial charge in [0.05, 0.1) is 13.2 Å². The van der Waals surface area contributed by atoms with Gasteiger partial charge in [-0.2, -0.15) is 0 Å². The van der Waals surface area contributed by atoms with Crippen LogP contribution in [-0.2, 0) is 11.3 Å². The molecule has 2 aliphatic heterocycles. The van der Waals surface area contributed by atoms with Crippen LogP contribution in [0.25, 0.3) is 0 Å². The maximum atomic E-state index is 5.39. The van der Waals surface area contributed by atoms with Crippen LogP contribution >= 0.6 is 0 Å². The highest BCUT2D eigenvalue weighted by molar-refractivity contribution is 5.45. The van der Waals surface area contributed by atoms with E-state index in [0.717, 1.165) is 39.4 Å². The van der Waals surface area contributed by atoms with Crippen molar-refractivity contribution in [2.75, 3.05) is 45.2 Å². The quantitative estimate of drug-likeness (QED) is 0.918. The van der Waals surface area contributed by atoms with Gasteiger partial charge in [0.2, 0.25) is 0 Å². The van der Waals surface area contributed by atoms with E-state index < -0.39 is 0 Å². The van der Waals surface area contributed by atoms with E-state index in [1.807, 2.05) is 0 Å². The summed E-state index contributed by atoms with van der Waals surface area (Å²) in [5.74, 6) is 0. The summed E-state index contributed by atoms with van der Waals surface area (Å²) in [6, 6.07) is 10.2. The van der Waals surface area contributed by atoms with Gasteiger partial charge >= 0.3 is 0 Å². The highest BCUT2D eigenvalue weighted by atomic mass is 16.5. The third-order valence-corrected chi connectivity index (χ3v) is 4.72. The summed E-state index contributed by atoms with van der Waals surface area (Å²) in [4.78, 5) is 4.88. The van der Waals surface area contributed by atoms with Crippen LogP contribution in [0, 0.1) is 0 Å². The molecule has 0 radical (unpaired) electrons. The van der Waals surface area contributed by atoms with Crippen molar-refractivity contribution in [1.29, 1.82) is 0 Å². The predicted molar refractivity (Wildman–Crippen MR) is 86.7 cm³/mol. The number of hydrogen-bond acceptors (Lipinski definition) is 4. The van der Waals surface area contributed by atoms with Gasteiger partial charge in [-0.25, -0.2) is 0 Å². The zero-order chi connectivity index (χ0) is 14.7. The highest BCUT2D eigenvalue weighted by Crippen LogP contribution is 2.20. The van der Waals surface area contributed by atoms with Crippen LogP contribution in [0.1, 0.15) is 18.9 Å².